The number of carbonyl (C=O) groups excluding carboxylic acids is 10. The van der Waals surface area contributed by atoms with Crippen LogP contribution in [0.1, 0.15) is 93.0 Å². The fourth-order valence-electron chi connectivity index (χ4n) is 8.13. The smallest absolute Gasteiger partial charge is 0.341 e. The Balaban J connectivity index is 0.00000263. The molecule has 0 heterocycles. The summed E-state index contributed by atoms with van der Waals surface area (Å²) in [5, 5.41) is 0. The van der Waals surface area contributed by atoms with Crippen LogP contribution in [0.3, 0.4) is 0 Å². The van der Waals surface area contributed by atoms with E-state index in [9.17, 15) is 43.2 Å². The van der Waals surface area contributed by atoms with Gasteiger partial charge in [-0.25, -0.2) is 14.4 Å². The van der Waals surface area contributed by atoms with Gasteiger partial charge in [0.05, 0.1) is 49.7 Å². The number of aryl methyl sites for hydroxylation is 1. The van der Waals surface area contributed by atoms with Crippen molar-refractivity contribution in [2.75, 3.05) is 40.6 Å². The largest absolute Gasteiger partial charge is 0.471 e. The molecule has 0 N–H and O–H groups in total. The van der Waals surface area contributed by atoms with Crippen LogP contribution in [0, 0.1) is 42.4 Å². The molecule has 2 aromatic carbocycles. The summed E-state index contributed by atoms with van der Waals surface area (Å²) in [5.74, 6) is -7.19. The molecule has 0 unspecified atom stereocenters. The highest BCUT2D eigenvalue weighted by atomic mass is 16.6. The number of rotatable bonds is 20. The first-order valence-corrected chi connectivity index (χ1v) is 23.2. The van der Waals surface area contributed by atoms with E-state index in [1.165, 1.54) is 31.4 Å². The second-order valence-corrected chi connectivity index (χ2v) is 16.8. The van der Waals surface area contributed by atoms with E-state index < -0.39 is 83.3 Å². The van der Waals surface area contributed by atoms with E-state index in [1.807, 2.05) is 0 Å². The highest BCUT2D eigenvalue weighted by Crippen LogP contribution is 2.36. The summed E-state index contributed by atoms with van der Waals surface area (Å²) >= 11 is 0. The fraction of sp³-hybridized carbons (Fsp3) is 0.490. The number of benzene rings is 2. The lowest BCUT2D eigenvalue weighted by Gasteiger charge is -2.26. The highest BCUT2D eigenvalue weighted by molar-refractivity contribution is 5.94. The molecule has 0 spiro atoms. The zero-order valence-corrected chi connectivity index (χ0v) is 40.1. The summed E-state index contributed by atoms with van der Waals surface area (Å²) in [4.78, 5) is 121. The number of methoxy groups -OCH3 is 2. The molecule has 20 nitrogen and oxygen atoms in total. The van der Waals surface area contributed by atoms with Gasteiger partial charge in [-0.3, -0.25) is 33.6 Å². The third-order valence-corrected chi connectivity index (χ3v) is 12.1. The lowest BCUT2D eigenvalue weighted by Crippen LogP contribution is -2.31. The van der Waals surface area contributed by atoms with Crippen molar-refractivity contribution in [3.05, 3.63) is 72.8 Å². The van der Waals surface area contributed by atoms with E-state index in [2.05, 4.69) is 17.9 Å². The lowest BCUT2D eigenvalue weighted by atomic mass is 9.82. The van der Waals surface area contributed by atoms with Crippen LogP contribution in [-0.2, 0) is 71.6 Å². The van der Waals surface area contributed by atoms with Crippen LogP contribution >= 0.6 is 0 Å². The van der Waals surface area contributed by atoms with Gasteiger partial charge in [0.2, 0.25) is 0 Å². The normalized spacial score (nSPS) is 20.3. The van der Waals surface area contributed by atoms with Gasteiger partial charge in [0.1, 0.15) is 55.0 Å². The predicted octanol–water partition coefficient (Wildman–Crippen LogP) is 5.86. The Bertz CT molecular complexity index is 2240. The van der Waals surface area contributed by atoms with Gasteiger partial charge >= 0.3 is 53.7 Å². The average molecular weight is 993 g/mol. The third-order valence-electron chi connectivity index (χ3n) is 12.1. The van der Waals surface area contributed by atoms with E-state index in [4.69, 9.17) is 47.4 Å². The van der Waals surface area contributed by atoms with Crippen molar-refractivity contribution in [3.8, 4) is 23.0 Å². The minimum absolute atomic E-state index is 0.0334. The average Bonchev–Trinajstić information content (AvgIpc) is 3.39. The topological polar surface area (TPSA) is 263 Å². The molecule has 0 atom stereocenters. The Morgan fingerprint density at radius 2 is 0.803 bits per heavy atom. The molecule has 0 amide bonds. The number of hydrogen-bond acceptors (Lipinski definition) is 20. The Morgan fingerprint density at radius 1 is 0.479 bits per heavy atom. The Kier molecular flexibility index (Phi) is 22.9. The number of hydrogen-bond donors (Lipinski definition) is 0. The summed E-state index contributed by atoms with van der Waals surface area (Å²) in [6.45, 7) is 8.36. The molecule has 3 aliphatic carbocycles. The van der Waals surface area contributed by atoms with Crippen molar-refractivity contribution < 1.29 is 95.3 Å². The van der Waals surface area contributed by atoms with Crippen molar-refractivity contribution in [2.45, 2.75) is 84.0 Å². The molecule has 71 heavy (non-hydrogen) atoms. The molecule has 384 valence electrons. The van der Waals surface area contributed by atoms with Gasteiger partial charge in [0.15, 0.2) is 0 Å². The van der Waals surface area contributed by atoms with Crippen molar-refractivity contribution in [1.29, 1.82) is 0 Å². The molecule has 20 heteroatoms. The van der Waals surface area contributed by atoms with E-state index >= 15 is 0 Å². The first-order chi connectivity index (χ1) is 34.1. The van der Waals surface area contributed by atoms with Gasteiger partial charge in [0, 0.05) is 12.2 Å². The highest BCUT2D eigenvalue weighted by Gasteiger charge is 2.35. The Morgan fingerprint density at radius 3 is 1.15 bits per heavy atom. The summed E-state index contributed by atoms with van der Waals surface area (Å²) < 4.78 is 51.3. The standard InChI is InChI=1S/C49H56O18.C2H4O2/c1-5-41(50)60-23-25-62-43(52)30-7-11-32(12-8-30)45(54)64-36-19-21-39(29(3)27-36)66-47(56)34-15-17-35(18-16-34)48(57)67-40-22-20-37(28-38(40)49(58)59-4)65-46(55)33-13-9-31(10-14-33)44(53)63-26-24-61-42(51)6-2;1-4-2-3/h5-6,19-22,27-28,30-35H,1-2,7-18,23-26H2,3-4H3;2H,1H3. The van der Waals surface area contributed by atoms with Crippen LogP contribution in [0.15, 0.2) is 61.7 Å². The Labute approximate surface area is 410 Å². The van der Waals surface area contributed by atoms with Crippen LogP contribution in [0.4, 0.5) is 0 Å². The molecule has 0 aromatic heterocycles. The van der Waals surface area contributed by atoms with E-state index in [-0.39, 0.29) is 55.2 Å². The van der Waals surface area contributed by atoms with Crippen molar-refractivity contribution in [3.63, 3.8) is 0 Å². The lowest BCUT2D eigenvalue weighted by molar-refractivity contribution is -0.155. The molecular formula is C51H60O20. The molecule has 0 saturated heterocycles. The number of ether oxygens (including phenoxy) is 10. The van der Waals surface area contributed by atoms with Gasteiger partial charge in [-0.05, 0) is 126 Å². The van der Waals surface area contributed by atoms with Crippen LogP contribution in [-0.4, -0.2) is 101 Å². The zero-order chi connectivity index (χ0) is 51.9. The molecule has 0 bridgehead atoms. The molecule has 3 fully saturated rings. The van der Waals surface area contributed by atoms with Gasteiger partial charge < -0.3 is 47.4 Å². The van der Waals surface area contributed by atoms with E-state index in [1.54, 1.807) is 19.1 Å². The molecule has 5 rings (SSSR count). The second-order valence-electron chi connectivity index (χ2n) is 16.8. The minimum Gasteiger partial charge on any atom is -0.471 e. The molecule has 2 aromatic rings. The van der Waals surface area contributed by atoms with Crippen molar-refractivity contribution >= 4 is 60.2 Å². The third kappa shape index (κ3) is 17.8. The quantitative estimate of drug-likeness (QED) is 0.0376. The van der Waals surface area contributed by atoms with Gasteiger partial charge in [0.25, 0.3) is 6.47 Å². The first-order valence-electron chi connectivity index (χ1n) is 23.2. The summed E-state index contributed by atoms with van der Waals surface area (Å²) in [7, 11) is 2.47. The monoisotopic (exact) mass is 992 g/mol. The number of carbonyl (C=O) groups is 10. The summed E-state index contributed by atoms with van der Waals surface area (Å²) in [5.41, 5.74) is 0.430. The van der Waals surface area contributed by atoms with Gasteiger partial charge in [-0.15, -0.1) is 0 Å². The van der Waals surface area contributed by atoms with Gasteiger partial charge in [-0.2, -0.15) is 0 Å². The van der Waals surface area contributed by atoms with Crippen molar-refractivity contribution in [2.24, 2.45) is 35.5 Å². The molecular weight excluding hydrogens is 933 g/mol. The zero-order valence-electron chi connectivity index (χ0n) is 40.1. The van der Waals surface area contributed by atoms with Crippen LogP contribution in [0.25, 0.3) is 0 Å². The maximum Gasteiger partial charge on any atom is 0.341 e. The molecule has 3 aliphatic rings. The SMILES string of the molecule is C=CC(=O)OCCOC(=O)C1CCC(C(=O)Oc2ccc(OC(=O)C3CCC(C(=O)Oc4ccc(OC(=O)C5CCC(C(=O)OCCOC(=O)C=C)CC5)cc4C(=O)OC)CC3)c(C)c2)CC1.COC=O. The summed E-state index contributed by atoms with van der Waals surface area (Å²) in [6.07, 6.45) is 6.63. The van der Waals surface area contributed by atoms with Crippen LogP contribution in [0.5, 0.6) is 23.0 Å². The second kappa shape index (κ2) is 29.0. The number of esters is 9. The Hall–Kier alpha value is -7.38. The maximum atomic E-state index is 13.3. The van der Waals surface area contributed by atoms with E-state index in [0.29, 0.717) is 94.8 Å². The molecule has 0 radical (unpaired) electrons. The first kappa shape index (κ1) is 56.2. The maximum absolute atomic E-state index is 13.3. The van der Waals surface area contributed by atoms with Crippen LogP contribution in [0.2, 0.25) is 0 Å². The van der Waals surface area contributed by atoms with Gasteiger partial charge in [-0.1, -0.05) is 13.2 Å². The van der Waals surface area contributed by atoms with E-state index in [0.717, 1.165) is 19.3 Å². The predicted molar refractivity (Wildman–Crippen MR) is 245 cm³/mol. The van der Waals surface area contributed by atoms with Crippen LogP contribution < -0.4 is 18.9 Å². The fourth-order valence-corrected chi connectivity index (χ4v) is 8.13. The molecule has 3 saturated carbocycles. The minimum atomic E-state index is -0.824. The molecule has 0 aliphatic heterocycles. The summed E-state index contributed by atoms with van der Waals surface area (Å²) in [6, 6.07) is 8.67. The van der Waals surface area contributed by atoms with Crippen molar-refractivity contribution in [1.82, 2.24) is 0 Å².